The normalized spacial score (nSPS) is 12.6. The summed E-state index contributed by atoms with van der Waals surface area (Å²) in [6, 6.07) is 17.9. The molecule has 0 saturated carbocycles. The average molecular weight is 310 g/mol. The monoisotopic (exact) mass is 310 g/mol. The molecule has 2 aromatic carbocycles. The lowest BCUT2D eigenvalue weighted by Gasteiger charge is -2.10. The summed E-state index contributed by atoms with van der Waals surface area (Å²) in [5.41, 5.74) is 9.49. The van der Waals surface area contributed by atoms with Gasteiger partial charge >= 0.3 is 5.95 Å². The second-order valence-electron chi connectivity index (χ2n) is 5.89. The third-order valence-electron chi connectivity index (χ3n) is 4.29. The quantitative estimate of drug-likeness (QED) is 0.688. The van der Waals surface area contributed by atoms with Crippen molar-refractivity contribution in [2.75, 3.05) is 5.73 Å². The van der Waals surface area contributed by atoms with Crippen molar-refractivity contribution in [3.05, 3.63) is 60.2 Å². The summed E-state index contributed by atoms with van der Waals surface area (Å²) in [4.78, 5) is 0. The van der Waals surface area contributed by atoms with Crippen LogP contribution < -0.4 is 10.3 Å². The molecule has 120 valence electrons. The fourth-order valence-corrected chi connectivity index (χ4v) is 3.01. The number of aryl methyl sites for hydroxylation is 1. The van der Waals surface area contributed by atoms with Gasteiger partial charge in [-0.25, -0.2) is 9.13 Å². The van der Waals surface area contributed by atoms with E-state index in [-0.39, 0.29) is 0 Å². The number of aromatic nitrogens is 2. The average Bonchev–Trinajstić information content (AvgIpc) is 2.86. The Morgan fingerprint density at radius 3 is 2.52 bits per heavy atom. The number of hydrogen-bond donors (Lipinski definition) is 2. The molecule has 0 fully saturated rings. The van der Waals surface area contributed by atoms with Crippen LogP contribution in [0.1, 0.15) is 31.4 Å². The molecule has 3 aromatic rings. The predicted octanol–water partition coefficient (Wildman–Crippen LogP) is 3.04. The molecule has 0 aliphatic carbocycles. The van der Waals surface area contributed by atoms with Crippen molar-refractivity contribution in [3.8, 4) is 0 Å². The zero-order valence-corrected chi connectivity index (χ0v) is 13.5. The smallest absolute Gasteiger partial charge is 0.356 e. The maximum absolute atomic E-state index is 10.6. The van der Waals surface area contributed by atoms with Crippen LogP contribution in [0.2, 0.25) is 0 Å². The Kier molecular flexibility index (Phi) is 4.63. The molecule has 0 aliphatic heterocycles. The number of aliphatic hydroxyl groups is 1. The number of unbranched alkanes of at least 4 members (excludes halogenated alkanes) is 1. The van der Waals surface area contributed by atoms with E-state index in [9.17, 15) is 5.11 Å². The lowest BCUT2D eigenvalue weighted by Crippen LogP contribution is -2.39. The molecule has 0 bridgehead atoms. The zero-order valence-electron chi connectivity index (χ0n) is 13.5. The first-order valence-electron chi connectivity index (χ1n) is 8.22. The van der Waals surface area contributed by atoms with Gasteiger partial charge in [0, 0.05) is 0 Å². The van der Waals surface area contributed by atoms with Crippen molar-refractivity contribution in [2.45, 2.75) is 39.0 Å². The van der Waals surface area contributed by atoms with E-state index in [1.807, 2.05) is 47.0 Å². The van der Waals surface area contributed by atoms with E-state index >= 15 is 0 Å². The minimum absolute atomic E-state index is 0.454. The number of nitrogens with zero attached hydrogens (tertiary/aromatic N) is 2. The van der Waals surface area contributed by atoms with Gasteiger partial charge in [0.25, 0.3) is 0 Å². The topological polar surface area (TPSA) is 55.1 Å². The molecule has 1 heterocycles. The van der Waals surface area contributed by atoms with Gasteiger partial charge in [0.2, 0.25) is 0 Å². The Bertz CT molecular complexity index is 780. The lowest BCUT2D eigenvalue weighted by molar-refractivity contribution is -0.666. The highest BCUT2D eigenvalue weighted by Crippen LogP contribution is 2.19. The van der Waals surface area contributed by atoms with Crippen molar-refractivity contribution in [1.82, 2.24) is 4.57 Å². The van der Waals surface area contributed by atoms with E-state index in [0.29, 0.717) is 12.5 Å². The highest BCUT2D eigenvalue weighted by Gasteiger charge is 2.22. The molecule has 0 saturated heterocycles. The molecule has 4 heteroatoms. The van der Waals surface area contributed by atoms with Crippen LogP contribution in [0, 0.1) is 0 Å². The molecule has 0 unspecified atom stereocenters. The number of aliphatic hydroxyl groups excluding tert-OH is 1. The first kappa shape index (κ1) is 15.6. The molecule has 1 aromatic heterocycles. The Labute approximate surface area is 136 Å². The number of para-hydroxylation sites is 2. The van der Waals surface area contributed by atoms with E-state index in [1.54, 1.807) is 0 Å². The summed E-state index contributed by atoms with van der Waals surface area (Å²) in [6.07, 6.45) is 1.64. The van der Waals surface area contributed by atoms with E-state index < -0.39 is 6.10 Å². The minimum atomic E-state index is -0.575. The van der Waals surface area contributed by atoms with Crippen LogP contribution in [-0.4, -0.2) is 9.67 Å². The molecule has 0 radical (unpaired) electrons. The van der Waals surface area contributed by atoms with E-state index in [0.717, 1.165) is 36.0 Å². The van der Waals surface area contributed by atoms with E-state index in [4.69, 9.17) is 5.73 Å². The molecule has 0 amide bonds. The number of nitrogens with two attached hydrogens (primary N) is 1. The van der Waals surface area contributed by atoms with Gasteiger partial charge in [-0.3, -0.25) is 5.73 Å². The lowest BCUT2D eigenvalue weighted by atomic mass is 10.1. The maximum Gasteiger partial charge on any atom is 0.356 e. The van der Waals surface area contributed by atoms with Gasteiger partial charge in [-0.15, -0.1) is 0 Å². The van der Waals surface area contributed by atoms with Crippen LogP contribution in [0.15, 0.2) is 54.6 Å². The highest BCUT2D eigenvalue weighted by molar-refractivity contribution is 5.73. The number of nitrogen functional groups attached to an aromatic ring is 1. The number of rotatable bonds is 6. The first-order valence-corrected chi connectivity index (χ1v) is 8.22. The largest absolute Gasteiger partial charge is 0.385 e. The molecular weight excluding hydrogens is 286 g/mol. The molecule has 3 N–H and O–H groups in total. The van der Waals surface area contributed by atoms with Gasteiger partial charge in [0.15, 0.2) is 0 Å². The first-order chi connectivity index (χ1) is 11.2. The number of anilines is 1. The summed E-state index contributed by atoms with van der Waals surface area (Å²) in [5, 5.41) is 10.6. The van der Waals surface area contributed by atoms with Gasteiger partial charge < -0.3 is 5.11 Å². The van der Waals surface area contributed by atoms with Crippen LogP contribution in [0.5, 0.6) is 0 Å². The fraction of sp³-hybridized carbons (Fsp3) is 0.316. The fourth-order valence-electron chi connectivity index (χ4n) is 3.01. The summed E-state index contributed by atoms with van der Waals surface area (Å²) in [5.74, 6) is 0.703. The number of hydrogen-bond acceptors (Lipinski definition) is 2. The van der Waals surface area contributed by atoms with Gasteiger partial charge in [0.05, 0.1) is 6.54 Å². The molecule has 0 aliphatic rings. The Hall–Kier alpha value is -2.33. The van der Waals surface area contributed by atoms with Crippen LogP contribution in [0.25, 0.3) is 11.0 Å². The zero-order chi connectivity index (χ0) is 16.2. The van der Waals surface area contributed by atoms with Gasteiger partial charge in [-0.1, -0.05) is 55.8 Å². The summed E-state index contributed by atoms with van der Waals surface area (Å²) in [7, 11) is 0. The standard InChI is InChI=1S/C19H23N3O/c1-2-3-13-21-16-11-7-8-12-17(16)22(19(21)20)14-18(23)15-9-5-4-6-10-15/h4-12,18,20,23H,2-3,13-14H2,1H3/p+1/t18-/m1/s1. The number of benzene rings is 2. The molecule has 3 rings (SSSR count). The molecular formula is C19H24N3O+. The Morgan fingerprint density at radius 2 is 1.78 bits per heavy atom. The molecule has 23 heavy (non-hydrogen) atoms. The number of imidazole rings is 1. The minimum Gasteiger partial charge on any atom is -0.385 e. The van der Waals surface area contributed by atoms with Crippen LogP contribution in [0.3, 0.4) is 0 Å². The van der Waals surface area contributed by atoms with Crippen molar-refractivity contribution >= 4 is 17.0 Å². The summed E-state index contributed by atoms with van der Waals surface area (Å²) in [6.45, 7) is 3.53. The second kappa shape index (κ2) is 6.84. The third-order valence-corrected chi connectivity index (χ3v) is 4.29. The SMILES string of the molecule is CCCCn1c(N)[n+](C[C@@H](O)c2ccccc2)c2ccccc21. The van der Waals surface area contributed by atoms with Crippen molar-refractivity contribution < 1.29 is 9.67 Å². The van der Waals surface area contributed by atoms with Crippen LogP contribution in [-0.2, 0) is 13.1 Å². The molecule has 4 nitrogen and oxygen atoms in total. The van der Waals surface area contributed by atoms with Gasteiger partial charge in [-0.2, -0.15) is 0 Å². The van der Waals surface area contributed by atoms with Crippen LogP contribution >= 0.6 is 0 Å². The molecule has 1 atom stereocenters. The Morgan fingerprint density at radius 1 is 1.09 bits per heavy atom. The number of fused-ring (bicyclic) bond motifs is 1. The predicted molar refractivity (Wildman–Crippen MR) is 92.9 cm³/mol. The van der Waals surface area contributed by atoms with Crippen LogP contribution in [0.4, 0.5) is 5.95 Å². The Balaban J connectivity index is 1.98. The van der Waals surface area contributed by atoms with Crippen molar-refractivity contribution in [2.24, 2.45) is 0 Å². The van der Waals surface area contributed by atoms with Gasteiger partial charge in [-0.05, 0) is 24.1 Å². The second-order valence-corrected chi connectivity index (χ2v) is 5.89. The van der Waals surface area contributed by atoms with Gasteiger partial charge in [0.1, 0.15) is 23.7 Å². The van der Waals surface area contributed by atoms with Crippen molar-refractivity contribution in [3.63, 3.8) is 0 Å². The summed E-state index contributed by atoms with van der Waals surface area (Å²) < 4.78 is 4.17. The molecule has 0 spiro atoms. The third kappa shape index (κ3) is 3.08. The summed E-state index contributed by atoms with van der Waals surface area (Å²) >= 11 is 0. The maximum atomic E-state index is 10.6. The van der Waals surface area contributed by atoms with Crippen molar-refractivity contribution in [1.29, 1.82) is 0 Å². The van der Waals surface area contributed by atoms with E-state index in [1.165, 1.54) is 0 Å². The van der Waals surface area contributed by atoms with E-state index in [2.05, 4.69) is 23.6 Å². The highest BCUT2D eigenvalue weighted by atomic mass is 16.3.